The van der Waals surface area contributed by atoms with Gasteiger partial charge in [-0.3, -0.25) is 9.69 Å². The Balaban J connectivity index is 1.19. The number of imidazole rings is 2. The minimum Gasteiger partial charge on any atom is -0.444 e. The molecule has 2 aliphatic heterocycles. The van der Waals surface area contributed by atoms with E-state index in [0.717, 1.165) is 12.8 Å². The van der Waals surface area contributed by atoms with E-state index in [1.54, 1.807) is 73.4 Å². The van der Waals surface area contributed by atoms with Crippen LogP contribution in [0.5, 0.6) is 0 Å². The lowest BCUT2D eigenvalue weighted by molar-refractivity contribution is -0.140. The molecule has 0 bridgehead atoms. The Morgan fingerprint density at radius 2 is 1.37 bits per heavy atom. The van der Waals surface area contributed by atoms with E-state index < -0.39 is 28.9 Å². The first-order valence-electron chi connectivity index (χ1n) is 16.5. The number of nitrogens with zero attached hydrogens (tertiary/aromatic N) is 6. The van der Waals surface area contributed by atoms with Crippen molar-refractivity contribution >= 4 is 12.0 Å². The molecule has 1 aromatic carbocycles. The minimum atomic E-state index is -4.67. The number of benzene rings is 1. The average molecular weight is 679 g/mol. The van der Waals surface area contributed by atoms with Crippen LogP contribution >= 0.6 is 0 Å². The lowest BCUT2D eigenvalue weighted by atomic mass is 9.94. The zero-order chi connectivity index (χ0) is 35.3. The van der Waals surface area contributed by atoms with Gasteiger partial charge in [-0.1, -0.05) is 45.0 Å². The molecule has 11 nitrogen and oxygen atoms in total. The Morgan fingerprint density at radius 1 is 0.776 bits per heavy atom. The first-order valence-corrected chi connectivity index (χ1v) is 16.5. The van der Waals surface area contributed by atoms with Crippen LogP contribution < -0.4 is 0 Å². The predicted octanol–water partition coefficient (Wildman–Crippen LogP) is 7.72. The van der Waals surface area contributed by atoms with Crippen molar-refractivity contribution in [2.24, 2.45) is 5.41 Å². The molecule has 2 amide bonds. The first-order chi connectivity index (χ1) is 23.0. The number of H-pyrrole nitrogens is 2. The Hall–Kier alpha value is -4.75. The van der Waals surface area contributed by atoms with Crippen molar-refractivity contribution in [2.75, 3.05) is 13.1 Å². The van der Waals surface area contributed by atoms with Crippen LogP contribution in [0.1, 0.15) is 96.7 Å². The van der Waals surface area contributed by atoms with E-state index in [0.29, 0.717) is 54.4 Å². The van der Waals surface area contributed by atoms with Crippen LogP contribution in [0.15, 0.2) is 42.9 Å². The summed E-state index contributed by atoms with van der Waals surface area (Å²) in [5.41, 5.74) is -0.167. The van der Waals surface area contributed by atoms with Gasteiger partial charge < -0.3 is 19.6 Å². The quantitative estimate of drug-likeness (QED) is 0.221. The standard InChI is InChI=1S/C35H41F3N8O3/c1-33(2,3)31(47)45-15-7-10-25(45)30-43-26(27(44-30)35(36,37)38)20-11-13-21(14-12-20)28-39-17-22(18-40-28)23-19-41-29(42-23)24-9-8-16-46(24)32(48)49-34(4,5)6/h11-14,17-19,24-25H,7-10,15-16H2,1-6H3,(H,41,42)(H,43,44)/t24-,25-/m0/s1. The molecule has 0 unspecified atom stereocenters. The summed E-state index contributed by atoms with van der Waals surface area (Å²) in [5, 5.41) is 0. The summed E-state index contributed by atoms with van der Waals surface area (Å²) < 4.78 is 48.2. The second-order valence-electron chi connectivity index (χ2n) is 14.6. The summed E-state index contributed by atoms with van der Waals surface area (Å²) >= 11 is 0. The number of rotatable bonds is 5. The Kier molecular flexibility index (Phi) is 8.78. The van der Waals surface area contributed by atoms with Gasteiger partial charge in [-0.25, -0.2) is 24.7 Å². The molecule has 49 heavy (non-hydrogen) atoms. The van der Waals surface area contributed by atoms with Crippen LogP contribution in [0.25, 0.3) is 33.9 Å². The Labute approximate surface area is 282 Å². The van der Waals surface area contributed by atoms with Gasteiger partial charge in [0.25, 0.3) is 0 Å². The summed E-state index contributed by atoms with van der Waals surface area (Å²) in [6.07, 6.45) is 2.73. The average Bonchev–Trinajstić information content (AvgIpc) is 3.85. The number of hydrogen-bond donors (Lipinski definition) is 2. The summed E-state index contributed by atoms with van der Waals surface area (Å²) in [5.74, 6) is 1.05. The number of amides is 2. The molecular weight excluding hydrogens is 637 g/mol. The van der Waals surface area contributed by atoms with Gasteiger partial charge in [0, 0.05) is 47.6 Å². The number of carbonyl (C=O) groups is 2. The highest BCUT2D eigenvalue weighted by atomic mass is 19.4. The van der Waals surface area contributed by atoms with Crippen molar-refractivity contribution in [3.05, 3.63) is 60.2 Å². The summed E-state index contributed by atoms with van der Waals surface area (Å²) in [6.45, 7) is 11.9. The molecule has 0 aliphatic carbocycles. The van der Waals surface area contributed by atoms with E-state index in [-0.39, 0.29) is 35.1 Å². The van der Waals surface area contributed by atoms with Crippen LogP contribution in [-0.4, -0.2) is 70.4 Å². The summed E-state index contributed by atoms with van der Waals surface area (Å²) in [4.78, 5) is 52.8. The highest BCUT2D eigenvalue weighted by Gasteiger charge is 2.42. The zero-order valence-corrected chi connectivity index (χ0v) is 28.5. The monoisotopic (exact) mass is 678 g/mol. The van der Waals surface area contributed by atoms with Gasteiger partial charge in [-0.05, 0) is 46.5 Å². The molecule has 2 atom stereocenters. The number of aromatic nitrogens is 6. The number of hydrogen-bond acceptors (Lipinski definition) is 7. The number of halogens is 3. The van der Waals surface area contributed by atoms with E-state index in [9.17, 15) is 22.8 Å². The van der Waals surface area contributed by atoms with Gasteiger partial charge in [0.05, 0.1) is 24.0 Å². The van der Waals surface area contributed by atoms with E-state index in [1.165, 1.54) is 0 Å². The smallest absolute Gasteiger partial charge is 0.433 e. The highest BCUT2D eigenvalue weighted by Crippen LogP contribution is 2.41. The second-order valence-corrected chi connectivity index (χ2v) is 14.6. The van der Waals surface area contributed by atoms with Crippen molar-refractivity contribution in [1.29, 1.82) is 0 Å². The molecular formula is C35H41F3N8O3. The molecule has 6 rings (SSSR count). The molecule has 0 saturated carbocycles. The topological polar surface area (TPSA) is 133 Å². The third-order valence-electron chi connectivity index (χ3n) is 8.65. The van der Waals surface area contributed by atoms with Crippen LogP contribution in [-0.2, 0) is 15.7 Å². The predicted molar refractivity (Wildman–Crippen MR) is 176 cm³/mol. The maximum atomic E-state index is 14.2. The third-order valence-corrected chi connectivity index (χ3v) is 8.65. The van der Waals surface area contributed by atoms with Gasteiger partial charge in [0.2, 0.25) is 5.91 Å². The lowest BCUT2D eigenvalue weighted by Crippen LogP contribution is -2.39. The van der Waals surface area contributed by atoms with Gasteiger partial charge in [-0.2, -0.15) is 13.2 Å². The molecule has 0 radical (unpaired) electrons. The third kappa shape index (κ3) is 7.18. The lowest BCUT2D eigenvalue weighted by Gasteiger charge is -2.30. The van der Waals surface area contributed by atoms with E-state index in [1.807, 2.05) is 20.8 Å². The van der Waals surface area contributed by atoms with Gasteiger partial charge in [-0.15, -0.1) is 0 Å². The van der Waals surface area contributed by atoms with Gasteiger partial charge in [0.1, 0.15) is 28.6 Å². The van der Waals surface area contributed by atoms with Crippen molar-refractivity contribution in [3.63, 3.8) is 0 Å². The minimum absolute atomic E-state index is 0.122. The molecule has 2 aliphatic rings. The molecule has 14 heteroatoms. The van der Waals surface area contributed by atoms with Crippen LogP contribution in [0.4, 0.5) is 18.0 Å². The number of aromatic amines is 2. The van der Waals surface area contributed by atoms with Crippen LogP contribution in [0.2, 0.25) is 0 Å². The number of likely N-dealkylation sites (tertiary alicyclic amines) is 2. The van der Waals surface area contributed by atoms with Crippen LogP contribution in [0, 0.1) is 5.41 Å². The van der Waals surface area contributed by atoms with Crippen molar-refractivity contribution in [1.82, 2.24) is 39.7 Å². The summed E-state index contributed by atoms with van der Waals surface area (Å²) in [7, 11) is 0. The highest BCUT2D eigenvalue weighted by molar-refractivity contribution is 5.82. The second kappa shape index (κ2) is 12.6. The van der Waals surface area contributed by atoms with Gasteiger partial charge in [0.15, 0.2) is 5.82 Å². The molecule has 2 N–H and O–H groups in total. The molecule has 5 heterocycles. The first kappa shape index (κ1) is 34.1. The maximum absolute atomic E-state index is 14.2. The largest absolute Gasteiger partial charge is 0.444 e. The zero-order valence-electron chi connectivity index (χ0n) is 28.5. The van der Waals surface area contributed by atoms with Gasteiger partial charge >= 0.3 is 12.3 Å². The molecule has 3 aromatic heterocycles. The fraction of sp³-hybridized carbons (Fsp3) is 0.486. The number of carbonyl (C=O) groups excluding carboxylic acids is 2. The molecule has 4 aromatic rings. The van der Waals surface area contributed by atoms with Crippen LogP contribution in [0.3, 0.4) is 0 Å². The van der Waals surface area contributed by atoms with E-state index in [2.05, 4.69) is 29.9 Å². The molecule has 0 spiro atoms. The Bertz CT molecular complexity index is 1820. The molecule has 2 fully saturated rings. The van der Waals surface area contributed by atoms with Crippen molar-refractivity contribution in [3.8, 4) is 33.9 Å². The number of ether oxygens (including phenoxy) is 1. The number of nitrogens with one attached hydrogen (secondary N) is 2. The SMILES string of the molecule is CC(C)(C)OC(=O)N1CCC[C@H]1c1ncc(-c2cnc(-c3ccc(-c4nc([C@@H]5CCCN5C(=O)C(C)(C)C)[nH]c4C(F)(F)F)cc3)nc2)[nH]1. The van der Waals surface area contributed by atoms with Crippen molar-refractivity contribution < 1.29 is 27.5 Å². The molecule has 260 valence electrons. The molecule has 2 saturated heterocycles. The fourth-order valence-corrected chi connectivity index (χ4v) is 6.32. The van der Waals surface area contributed by atoms with Crippen molar-refractivity contribution in [2.45, 2.75) is 91.1 Å². The van der Waals surface area contributed by atoms with E-state index >= 15 is 0 Å². The number of alkyl halides is 3. The van der Waals surface area contributed by atoms with E-state index in [4.69, 9.17) is 4.74 Å². The maximum Gasteiger partial charge on any atom is 0.433 e. The Morgan fingerprint density at radius 3 is 1.96 bits per heavy atom. The normalized spacial score (nSPS) is 18.7. The fourth-order valence-electron chi connectivity index (χ4n) is 6.32. The summed E-state index contributed by atoms with van der Waals surface area (Å²) in [6, 6.07) is 5.66.